The van der Waals surface area contributed by atoms with Crippen LogP contribution in [0, 0.1) is 6.92 Å². The monoisotopic (exact) mass is 404 g/mol. The lowest BCUT2D eigenvalue weighted by Gasteiger charge is -2.36. The number of halogens is 1. The molecule has 0 bridgehead atoms. The molecule has 146 valence electrons. The van der Waals surface area contributed by atoms with Crippen LogP contribution in [0.25, 0.3) is 10.9 Å². The molecule has 1 amide bonds. The van der Waals surface area contributed by atoms with E-state index >= 15 is 0 Å². The number of fused-ring (bicyclic) bond motifs is 3. The maximum Gasteiger partial charge on any atom is 0.275 e. The van der Waals surface area contributed by atoms with Gasteiger partial charge in [-0.15, -0.1) is 0 Å². The molecule has 1 atom stereocenters. The first-order chi connectivity index (χ1) is 14.0. The minimum absolute atomic E-state index is 0.0667. The van der Waals surface area contributed by atoms with Gasteiger partial charge in [-0.25, -0.2) is 0 Å². The van der Waals surface area contributed by atoms with Crippen molar-refractivity contribution < 1.29 is 4.79 Å². The number of aromatic nitrogens is 3. The summed E-state index contributed by atoms with van der Waals surface area (Å²) >= 11 is 6.31. The second kappa shape index (κ2) is 6.78. The number of amides is 1. The third kappa shape index (κ3) is 2.93. The van der Waals surface area contributed by atoms with Crippen LogP contribution in [0.3, 0.4) is 0 Å². The van der Waals surface area contributed by atoms with Crippen LogP contribution in [0.4, 0.5) is 0 Å². The van der Waals surface area contributed by atoms with Gasteiger partial charge < -0.3 is 9.88 Å². The van der Waals surface area contributed by atoms with E-state index in [9.17, 15) is 4.79 Å². The summed E-state index contributed by atoms with van der Waals surface area (Å²) in [4.78, 5) is 18.9. The average molecular weight is 405 g/mol. The number of nitrogens with zero attached hydrogens (tertiary/aromatic N) is 3. The van der Waals surface area contributed by atoms with E-state index in [1.807, 2.05) is 55.3 Å². The average Bonchev–Trinajstić information content (AvgIpc) is 3.26. The predicted octanol–water partition coefficient (Wildman–Crippen LogP) is 4.65. The summed E-state index contributed by atoms with van der Waals surface area (Å²) < 4.78 is 1.74. The summed E-state index contributed by atoms with van der Waals surface area (Å²) in [6, 6.07) is 17.7. The number of aryl methyl sites for hydroxylation is 2. The van der Waals surface area contributed by atoms with Gasteiger partial charge in [0.1, 0.15) is 0 Å². The number of hydrogen-bond acceptors (Lipinski definition) is 2. The van der Waals surface area contributed by atoms with Gasteiger partial charge in [-0.1, -0.05) is 41.9 Å². The van der Waals surface area contributed by atoms with E-state index in [1.54, 1.807) is 4.68 Å². The molecule has 2 aromatic carbocycles. The molecule has 2 aromatic heterocycles. The van der Waals surface area contributed by atoms with E-state index in [4.69, 9.17) is 11.6 Å². The van der Waals surface area contributed by atoms with E-state index in [0.29, 0.717) is 17.3 Å². The number of aromatic amines is 1. The molecule has 0 aliphatic carbocycles. The quantitative estimate of drug-likeness (QED) is 0.528. The van der Waals surface area contributed by atoms with Gasteiger partial charge in [0.15, 0.2) is 5.69 Å². The number of rotatable bonds is 2. The van der Waals surface area contributed by atoms with Gasteiger partial charge in [-0.3, -0.25) is 9.48 Å². The zero-order valence-corrected chi connectivity index (χ0v) is 17.1. The largest absolute Gasteiger partial charge is 0.356 e. The highest BCUT2D eigenvalue weighted by atomic mass is 35.5. The van der Waals surface area contributed by atoms with Crippen molar-refractivity contribution in [3.63, 3.8) is 0 Å². The number of benzene rings is 2. The van der Waals surface area contributed by atoms with Crippen LogP contribution in [0.2, 0.25) is 5.02 Å². The second-order valence-electron chi connectivity index (χ2n) is 7.56. The molecule has 4 aromatic rings. The molecular weight excluding hydrogens is 384 g/mol. The van der Waals surface area contributed by atoms with Crippen molar-refractivity contribution in [3.05, 3.63) is 87.8 Å². The number of H-pyrrole nitrogens is 1. The lowest BCUT2D eigenvalue weighted by atomic mass is 9.92. The molecule has 1 aliphatic heterocycles. The minimum Gasteiger partial charge on any atom is -0.356 e. The smallest absolute Gasteiger partial charge is 0.275 e. The number of para-hydroxylation sites is 1. The molecule has 29 heavy (non-hydrogen) atoms. The van der Waals surface area contributed by atoms with E-state index < -0.39 is 0 Å². The molecular formula is C23H21ClN4O. The first-order valence-electron chi connectivity index (χ1n) is 9.69. The maximum absolute atomic E-state index is 13.5. The van der Waals surface area contributed by atoms with Crippen LogP contribution in [0.15, 0.2) is 54.6 Å². The van der Waals surface area contributed by atoms with Crippen molar-refractivity contribution in [2.45, 2.75) is 19.4 Å². The van der Waals surface area contributed by atoms with Crippen LogP contribution in [0.1, 0.15) is 39.0 Å². The number of carbonyl (C=O) groups excluding carboxylic acids is 1. The first kappa shape index (κ1) is 18.0. The van der Waals surface area contributed by atoms with E-state index in [1.165, 1.54) is 10.9 Å². The highest BCUT2D eigenvalue weighted by molar-refractivity contribution is 6.30. The third-order valence-electron chi connectivity index (χ3n) is 5.79. The van der Waals surface area contributed by atoms with Crippen LogP contribution in [-0.2, 0) is 13.5 Å². The molecule has 0 saturated heterocycles. The summed E-state index contributed by atoms with van der Waals surface area (Å²) in [5.74, 6) is -0.0667. The van der Waals surface area contributed by atoms with Crippen LogP contribution >= 0.6 is 11.6 Å². The van der Waals surface area contributed by atoms with Crippen molar-refractivity contribution in [3.8, 4) is 0 Å². The molecule has 1 N–H and O–H groups in total. The molecule has 0 unspecified atom stereocenters. The van der Waals surface area contributed by atoms with E-state index in [2.05, 4.69) is 28.3 Å². The predicted molar refractivity (Wildman–Crippen MR) is 114 cm³/mol. The van der Waals surface area contributed by atoms with Crippen molar-refractivity contribution in [2.75, 3.05) is 6.54 Å². The molecule has 0 spiro atoms. The van der Waals surface area contributed by atoms with Gasteiger partial charge in [-0.05, 0) is 48.7 Å². The lowest BCUT2D eigenvalue weighted by molar-refractivity contribution is 0.0685. The lowest BCUT2D eigenvalue weighted by Crippen LogP contribution is -2.40. The Bertz CT molecular complexity index is 1220. The van der Waals surface area contributed by atoms with Gasteiger partial charge in [-0.2, -0.15) is 5.10 Å². The van der Waals surface area contributed by atoms with Crippen molar-refractivity contribution in [1.29, 1.82) is 0 Å². The Labute approximate surface area is 173 Å². The molecule has 3 heterocycles. The molecule has 6 heteroatoms. The summed E-state index contributed by atoms with van der Waals surface area (Å²) in [5.41, 5.74) is 5.83. The first-order valence-corrected chi connectivity index (χ1v) is 10.1. The summed E-state index contributed by atoms with van der Waals surface area (Å²) in [6.07, 6.45) is 0.800. The normalized spacial score (nSPS) is 16.2. The third-order valence-corrected chi connectivity index (χ3v) is 6.03. The van der Waals surface area contributed by atoms with Crippen LogP contribution < -0.4 is 0 Å². The fraction of sp³-hybridized carbons (Fsp3) is 0.217. The number of nitrogens with one attached hydrogen (secondary N) is 1. The molecule has 0 radical (unpaired) electrons. The highest BCUT2D eigenvalue weighted by Gasteiger charge is 2.35. The Morgan fingerprint density at radius 3 is 2.76 bits per heavy atom. The summed E-state index contributed by atoms with van der Waals surface area (Å²) in [6.45, 7) is 2.57. The number of hydrogen-bond donors (Lipinski definition) is 1. The second-order valence-corrected chi connectivity index (χ2v) is 8.00. The van der Waals surface area contributed by atoms with Gasteiger partial charge in [0.2, 0.25) is 0 Å². The minimum atomic E-state index is -0.236. The van der Waals surface area contributed by atoms with Crippen molar-refractivity contribution in [1.82, 2.24) is 19.7 Å². The zero-order valence-electron chi connectivity index (χ0n) is 16.3. The van der Waals surface area contributed by atoms with Crippen molar-refractivity contribution >= 4 is 28.4 Å². The standard InChI is InChI=1S/C23H21ClN4O/c1-14-12-20(26-27(14)2)23(29)28-11-10-18-17-8-3-4-9-19(17)25-21(18)22(28)15-6-5-7-16(24)13-15/h3-9,12-13,22,25H,10-11H2,1-2H3/t22-/m0/s1. The summed E-state index contributed by atoms with van der Waals surface area (Å²) in [7, 11) is 1.85. The highest BCUT2D eigenvalue weighted by Crippen LogP contribution is 2.39. The zero-order chi connectivity index (χ0) is 20.1. The Morgan fingerprint density at radius 2 is 2.00 bits per heavy atom. The van der Waals surface area contributed by atoms with Crippen LogP contribution in [0.5, 0.6) is 0 Å². The van der Waals surface area contributed by atoms with E-state index in [-0.39, 0.29) is 11.9 Å². The molecule has 1 aliphatic rings. The topological polar surface area (TPSA) is 53.9 Å². The van der Waals surface area contributed by atoms with E-state index in [0.717, 1.165) is 28.9 Å². The van der Waals surface area contributed by atoms with Gasteiger partial charge >= 0.3 is 0 Å². The summed E-state index contributed by atoms with van der Waals surface area (Å²) in [5, 5.41) is 6.30. The fourth-order valence-electron chi connectivity index (χ4n) is 4.30. The molecule has 0 saturated carbocycles. The van der Waals surface area contributed by atoms with Gasteiger partial charge in [0.25, 0.3) is 5.91 Å². The Balaban J connectivity index is 1.67. The molecule has 5 nitrogen and oxygen atoms in total. The Morgan fingerprint density at radius 1 is 1.17 bits per heavy atom. The number of carbonyl (C=O) groups is 1. The molecule has 0 fully saturated rings. The van der Waals surface area contributed by atoms with Crippen molar-refractivity contribution in [2.24, 2.45) is 7.05 Å². The Kier molecular flexibility index (Phi) is 4.21. The SMILES string of the molecule is Cc1cc(C(=O)N2CCc3c([nH]c4ccccc34)[C@@H]2c2cccc(Cl)c2)nn1C. The van der Waals surface area contributed by atoms with Gasteiger partial charge in [0.05, 0.1) is 6.04 Å². The Hall–Kier alpha value is -3.05. The molecule has 5 rings (SSSR count). The maximum atomic E-state index is 13.5. The fourth-order valence-corrected chi connectivity index (χ4v) is 4.49. The van der Waals surface area contributed by atoms with Gasteiger partial charge in [0, 0.05) is 40.9 Å². The van der Waals surface area contributed by atoms with Crippen LogP contribution in [-0.4, -0.2) is 32.1 Å².